The van der Waals surface area contributed by atoms with Crippen LogP contribution in [0.15, 0.2) is 46.3 Å². The predicted molar refractivity (Wildman–Crippen MR) is 97.2 cm³/mol. The van der Waals surface area contributed by atoms with Gasteiger partial charge in [-0.05, 0) is 35.7 Å². The van der Waals surface area contributed by atoms with Crippen LogP contribution in [0.3, 0.4) is 0 Å². The van der Waals surface area contributed by atoms with Gasteiger partial charge in [-0.1, -0.05) is 22.0 Å². The molecule has 2 N–H and O–H groups in total. The van der Waals surface area contributed by atoms with E-state index in [1.807, 2.05) is 35.7 Å². The van der Waals surface area contributed by atoms with Gasteiger partial charge < -0.3 is 15.0 Å². The lowest BCUT2D eigenvalue weighted by Crippen LogP contribution is -2.30. The molecule has 124 valence electrons. The van der Waals surface area contributed by atoms with Gasteiger partial charge >= 0.3 is 5.97 Å². The molecule has 0 aliphatic carbocycles. The molecule has 0 aliphatic heterocycles. The molecule has 0 spiro atoms. The maximum absolute atomic E-state index is 12.6. The lowest BCUT2D eigenvalue weighted by atomic mass is 10.1. The summed E-state index contributed by atoms with van der Waals surface area (Å²) in [6.45, 7) is 0. The van der Waals surface area contributed by atoms with Gasteiger partial charge in [0.2, 0.25) is 0 Å². The first kappa shape index (κ1) is 16.7. The Balaban J connectivity index is 1.82. The van der Waals surface area contributed by atoms with Crippen molar-refractivity contribution >= 4 is 50.0 Å². The Hall–Kier alpha value is -2.12. The van der Waals surface area contributed by atoms with Gasteiger partial charge in [0, 0.05) is 20.3 Å². The van der Waals surface area contributed by atoms with Gasteiger partial charge in [-0.25, -0.2) is 0 Å². The number of H-pyrrole nitrogens is 1. The molecule has 0 bridgehead atoms. The van der Waals surface area contributed by atoms with Gasteiger partial charge in [-0.15, -0.1) is 11.3 Å². The Morgan fingerprint density at radius 3 is 2.88 bits per heavy atom. The fraction of sp³-hybridized carbons (Fsp3) is 0.176. The molecule has 0 saturated heterocycles. The quantitative estimate of drug-likeness (QED) is 0.628. The number of rotatable bonds is 5. The van der Waals surface area contributed by atoms with Crippen molar-refractivity contribution < 1.29 is 14.3 Å². The van der Waals surface area contributed by atoms with Crippen LogP contribution in [-0.4, -0.2) is 24.0 Å². The summed E-state index contributed by atoms with van der Waals surface area (Å²) >= 11 is 4.90. The van der Waals surface area contributed by atoms with Crippen LogP contribution in [0.4, 0.5) is 0 Å². The summed E-state index contributed by atoms with van der Waals surface area (Å²) in [6.07, 6.45) is 0.0918. The maximum atomic E-state index is 12.6. The number of halogens is 1. The molecule has 1 atom stereocenters. The Morgan fingerprint density at radius 1 is 1.33 bits per heavy atom. The second kappa shape index (κ2) is 7.19. The SMILES string of the molecule is COC(=O)CC(NC(=O)c1cc2cc(Br)ccc2[nH]1)c1cccs1. The van der Waals surface area contributed by atoms with Gasteiger partial charge in [-0.2, -0.15) is 0 Å². The average molecular weight is 407 g/mol. The third kappa shape index (κ3) is 3.68. The predicted octanol–water partition coefficient (Wildman–Crippen LogP) is 4.03. The molecule has 3 rings (SSSR count). The van der Waals surface area contributed by atoms with E-state index in [1.165, 1.54) is 18.4 Å². The van der Waals surface area contributed by atoms with Crippen LogP contribution < -0.4 is 5.32 Å². The zero-order chi connectivity index (χ0) is 17.1. The van der Waals surface area contributed by atoms with Gasteiger partial charge in [0.15, 0.2) is 0 Å². The number of nitrogens with one attached hydrogen (secondary N) is 2. The topological polar surface area (TPSA) is 71.2 Å². The highest BCUT2D eigenvalue weighted by atomic mass is 79.9. The molecule has 5 nitrogen and oxygen atoms in total. The lowest BCUT2D eigenvalue weighted by Gasteiger charge is -2.15. The second-order valence-electron chi connectivity index (χ2n) is 5.24. The summed E-state index contributed by atoms with van der Waals surface area (Å²) in [4.78, 5) is 28.2. The number of amides is 1. The first-order valence-corrected chi connectivity index (χ1v) is 8.93. The van der Waals surface area contributed by atoms with Crippen molar-refractivity contribution in [1.29, 1.82) is 0 Å². The molecule has 3 aromatic rings. The zero-order valence-corrected chi connectivity index (χ0v) is 15.2. The van der Waals surface area contributed by atoms with Gasteiger partial charge in [0.05, 0.1) is 19.6 Å². The minimum absolute atomic E-state index is 0.0918. The van der Waals surface area contributed by atoms with E-state index in [-0.39, 0.29) is 18.3 Å². The molecular formula is C17H15BrN2O3S. The summed E-state index contributed by atoms with van der Waals surface area (Å²) in [5.74, 6) is -0.626. The number of carbonyl (C=O) groups is 2. The summed E-state index contributed by atoms with van der Waals surface area (Å²) in [5, 5.41) is 5.75. The molecule has 2 aromatic heterocycles. The van der Waals surface area contributed by atoms with E-state index in [4.69, 9.17) is 4.74 Å². The first-order chi connectivity index (χ1) is 11.6. The highest BCUT2D eigenvalue weighted by molar-refractivity contribution is 9.10. The number of hydrogen-bond acceptors (Lipinski definition) is 4. The number of fused-ring (bicyclic) bond motifs is 1. The van der Waals surface area contributed by atoms with Crippen molar-refractivity contribution in [3.63, 3.8) is 0 Å². The van der Waals surface area contributed by atoms with E-state index in [0.717, 1.165) is 20.3 Å². The third-order valence-electron chi connectivity index (χ3n) is 3.62. The van der Waals surface area contributed by atoms with Crippen molar-refractivity contribution in [1.82, 2.24) is 10.3 Å². The van der Waals surface area contributed by atoms with Gasteiger partial charge in [0.25, 0.3) is 5.91 Å². The Labute approximate surface area is 151 Å². The average Bonchev–Trinajstić information content (AvgIpc) is 3.22. The van der Waals surface area contributed by atoms with Crippen LogP contribution >= 0.6 is 27.3 Å². The number of thiophene rings is 1. The zero-order valence-electron chi connectivity index (χ0n) is 12.8. The highest BCUT2D eigenvalue weighted by Crippen LogP contribution is 2.24. The lowest BCUT2D eigenvalue weighted by molar-refractivity contribution is -0.141. The van der Waals surface area contributed by atoms with Crippen LogP contribution in [0.25, 0.3) is 10.9 Å². The molecule has 24 heavy (non-hydrogen) atoms. The first-order valence-electron chi connectivity index (χ1n) is 7.26. The minimum atomic E-state index is -0.414. The Morgan fingerprint density at radius 2 is 2.17 bits per heavy atom. The normalized spacial score (nSPS) is 12.1. The number of aromatic amines is 1. The molecule has 0 aliphatic rings. The number of carbonyl (C=O) groups excluding carboxylic acids is 2. The monoisotopic (exact) mass is 406 g/mol. The standard InChI is InChI=1S/C17H15BrN2O3S/c1-23-16(21)9-13(15-3-2-6-24-15)20-17(22)14-8-10-7-11(18)4-5-12(10)19-14/h2-8,13,19H,9H2,1H3,(H,20,22). The molecule has 0 saturated carbocycles. The molecule has 0 fully saturated rings. The second-order valence-corrected chi connectivity index (χ2v) is 7.13. The largest absolute Gasteiger partial charge is 0.469 e. The van der Waals surface area contributed by atoms with E-state index in [9.17, 15) is 9.59 Å². The van der Waals surface area contributed by atoms with Crippen molar-refractivity contribution in [3.05, 3.63) is 56.8 Å². The molecule has 1 aromatic carbocycles. The number of hydrogen-bond donors (Lipinski definition) is 2. The number of ether oxygens (including phenoxy) is 1. The van der Waals surface area contributed by atoms with E-state index in [2.05, 4.69) is 26.2 Å². The van der Waals surface area contributed by atoms with E-state index < -0.39 is 6.04 Å². The molecule has 1 amide bonds. The molecular weight excluding hydrogens is 392 g/mol. The number of esters is 1. The van der Waals surface area contributed by atoms with E-state index in [0.29, 0.717) is 5.69 Å². The van der Waals surface area contributed by atoms with Gasteiger partial charge in [-0.3, -0.25) is 9.59 Å². The number of benzene rings is 1. The van der Waals surface area contributed by atoms with Crippen LogP contribution in [0.1, 0.15) is 27.8 Å². The fourth-order valence-electron chi connectivity index (χ4n) is 2.42. The highest BCUT2D eigenvalue weighted by Gasteiger charge is 2.21. The summed E-state index contributed by atoms with van der Waals surface area (Å²) in [7, 11) is 1.34. The summed E-state index contributed by atoms with van der Waals surface area (Å²) in [5.41, 5.74) is 1.33. The van der Waals surface area contributed by atoms with E-state index >= 15 is 0 Å². The van der Waals surface area contributed by atoms with Crippen LogP contribution in [-0.2, 0) is 9.53 Å². The smallest absolute Gasteiger partial charge is 0.307 e. The number of aromatic nitrogens is 1. The van der Waals surface area contributed by atoms with Crippen LogP contribution in [0.2, 0.25) is 0 Å². The molecule has 1 unspecified atom stereocenters. The van der Waals surface area contributed by atoms with Crippen molar-refractivity contribution in [2.75, 3.05) is 7.11 Å². The molecule has 7 heteroatoms. The maximum Gasteiger partial charge on any atom is 0.307 e. The van der Waals surface area contributed by atoms with Crippen molar-refractivity contribution in [2.24, 2.45) is 0 Å². The third-order valence-corrected chi connectivity index (χ3v) is 5.10. The Kier molecular flexibility index (Phi) is 5.01. The number of methoxy groups -OCH3 is 1. The molecule has 2 heterocycles. The minimum Gasteiger partial charge on any atom is -0.469 e. The fourth-order valence-corrected chi connectivity index (χ4v) is 3.58. The van der Waals surface area contributed by atoms with Crippen molar-refractivity contribution in [2.45, 2.75) is 12.5 Å². The van der Waals surface area contributed by atoms with Crippen LogP contribution in [0.5, 0.6) is 0 Å². The van der Waals surface area contributed by atoms with E-state index in [1.54, 1.807) is 6.07 Å². The van der Waals surface area contributed by atoms with Crippen molar-refractivity contribution in [3.8, 4) is 0 Å². The summed E-state index contributed by atoms with van der Waals surface area (Å²) in [6, 6.07) is 10.9. The molecule has 0 radical (unpaired) electrons. The van der Waals surface area contributed by atoms with Gasteiger partial charge in [0.1, 0.15) is 5.69 Å². The van der Waals surface area contributed by atoms with Crippen LogP contribution in [0, 0.1) is 0 Å². The Bertz CT molecular complexity index is 873. The summed E-state index contributed by atoms with van der Waals surface area (Å²) < 4.78 is 5.68.